The Morgan fingerprint density at radius 2 is 2.18 bits per heavy atom. The highest BCUT2D eigenvalue weighted by atomic mass is 32.2. The molecule has 3 N–H and O–H groups in total. The second-order valence-electron chi connectivity index (χ2n) is 3.65. The molecule has 0 saturated heterocycles. The van der Waals surface area contributed by atoms with Gasteiger partial charge in [-0.3, -0.25) is 0 Å². The molecule has 0 aromatic carbocycles. The molecule has 7 heteroatoms. The molecule has 0 radical (unpaired) electrons. The molecular formula is C10H18N2O2S3. The summed E-state index contributed by atoms with van der Waals surface area (Å²) >= 11 is 2.96. The molecule has 17 heavy (non-hydrogen) atoms. The predicted octanol–water partition coefficient (Wildman–Crippen LogP) is 2.14. The van der Waals surface area contributed by atoms with Crippen molar-refractivity contribution < 1.29 is 8.42 Å². The van der Waals surface area contributed by atoms with Gasteiger partial charge in [0.1, 0.15) is 4.21 Å². The summed E-state index contributed by atoms with van der Waals surface area (Å²) in [4.78, 5) is 0. The minimum atomic E-state index is -3.35. The van der Waals surface area contributed by atoms with Crippen LogP contribution in [0.4, 0.5) is 5.69 Å². The van der Waals surface area contributed by atoms with E-state index in [0.717, 1.165) is 36.4 Å². The highest BCUT2D eigenvalue weighted by Gasteiger charge is 2.15. The molecule has 0 unspecified atom stereocenters. The highest BCUT2D eigenvalue weighted by Crippen LogP contribution is 2.21. The van der Waals surface area contributed by atoms with Gasteiger partial charge in [-0.05, 0) is 30.9 Å². The van der Waals surface area contributed by atoms with E-state index >= 15 is 0 Å². The molecule has 0 atom stereocenters. The summed E-state index contributed by atoms with van der Waals surface area (Å²) < 4.78 is 26.4. The first kappa shape index (κ1) is 14.8. The third-order valence-electron chi connectivity index (χ3n) is 2.18. The highest BCUT2D eigenvalue weighted by molar-refractivity contribution is 7.98. The van der Waals surface area contributed by atoms with Gasteiger partial charge in [-0.1, -0.05) is 6.42 Å². The molecule has 0 aliphatic rings. The number of anilines is 1. The molecule has 0 saturated carbocycles. The van der Waals surface area contributed by atoms with Crippen LogP contribution in [-0.4, -0.2) is 27.0 Å². The number of unbranched alkanes of at least 4 members (excludes halogenated alkanes) is 2. The van der Waals surface area contributed by atoms with E-state index in [1.807, 2.05) is 11.8 Å². The van der Waals surface area contributed by atoms with E-state index < -0.39 is 10.0 Å². The molecule has 1 rings (SSSR count). The third kappa shape index (κ3) is 5.29. The van der Waals surface area contributed by atoms with Crippen LogP contribution in [0.1, 0.15) is 19.3 Å². The quantitative estimate of drug-likeness (QED) is 0.721. The molecule has 1 heterocycles. The average molecular weight is 294 g/mol. The van der Waals surface area contributed by atoms with Crippen molar-refractivity contribution >= 4 is 38.8 Å². The Kier molecular flexibility index (Phi) is 6.32. The van der Waals surface area contributed by atoms with Gasteiger partial charge in [0.2, 0.25) is 10.0 Å². The van der Waals surface area contributed by atoms with Crippen molar-refractivity contribution in [2.45, 2.75) is 23.5 Å². The second-order valence-corrected chi connectivity index (χ2v) is 7.54. The maximum Gasteiger partial charge on any atom is 0.250 e. The van der Waals surface area contributed by atoms with E-state index in [2.05, 4.69) is 11.0 Å². The topological polar surface area (TPSA) is 72.2 Å². The van der Waals surface area contributed by atoms with Crippen molar-refractivity contribution in [1.82, 2.24) is 4.72 Å². The summed E-state index contributed by atoms with van der Waals surface area (Å²) in [6, 6.07) is 1.49. The number of sulfonamides is 1. The Hall–Kier alpha value is -0.240. The van der Waals surface area contributed by atoms with Crippen molar-refractivity contribution in [3.05, 3.63) is 11.4 Å². The number of thiophene rings is 1. The smallest absolute Gasteiger partial charge is 0.250 e. The average Bonchev–Trinajstić information content (AvgIpc) is 2.71. The number of hydrogen-bond acceptors (Lipinski definition) is 5. The van der Waals surface area contributed by atoms with E-state index in [1.165, 1.54) is 6.07 Å². The van der Waals surface area contributed by atoms with Gasteiger partial charge in [0.25, 0.3) is 0 Å². The lowest BCUT2D eigenvalue weighted by molar-refractivity contribution is 0.578. The molecule has 0 spiro atoms. The molecular weight excluding hydrogens is 276 g/mol. The maximum absolute atomic E-state index is 11.8. The van der Waals surface area contributed by atoms with Crippen molar-refractivity contribution in [3.63, 3.8) is 0 Å². The number of nitrogens with one attached hydrogen (secondary N) is 1. The summed E-state index contributed by atoms with van der Waals surface area (Å²) in [7, 11) is -3.35. The van der Waals surface area contributed by atoms with Crippen LogP contribution in [0.2, 0.25) is 0 Å². The fourth-order valence-corrected chi connectivity index (χ4v) is 3.99. The van der Waals surface area contributed by atoms with E-state index in [4.69, 9.17) is 5.73 Å². The van der Waals surface area contributed by atoms with E-state index in [0.29, 0.717) is 16.4 Å². The minimum Gasteiger partial charge on any atom is -0.398 e. The lowest BCUT2D eigenvalue weighted by Gasteiger charge is -2.04. The molecule has 0 fully saturated rings. The lowest BCUT2D eigenvalue weighted by Crippen LogP contribution is -2.24. The van der Waals surface area contributed by atoms with Crippen molar-refractivity contribution in [3.8, 4) is 0 Å². The van der Waals surface area contributed by atoms with E-state index in [-0.39, 0.29) is 0 Å². The van der Waals surface area contributed by atoms with Gasteiger partial charge in [0.05, 0.1) is 0 Å². The fourth-order valence-electron chi connectivity index (χ4n) is 1.30. The largest absolute Gasteiger partial charge is 0.398 e. The second kappa shape index (κ2) is 7.25. The van der Waals surface area contributed by atoms with Gasteiger partial charge in [-0.15, -0.1) is 11.3 Å². The monoisotopic (exact) mass is 294 g/mol. The zero-order chi connectivity index (χ0) is 12.7. The Bertz CT molecular complexity index is 429. The van der Waals surface area contributed by atoms with E-state index in [1.54, 1.807) is 5.38 Å². The SMILES string of the molecule is CSCCCCCNS(=O)(=O)c1cc(N)cs1. The number of nitrogens with two attached hydrogens (primary N) is 1. The molecule has 1 aromatic rings. The van der Waals surface area contributed by atoms with Crippen molar-refractivity contribution in [1.29, 1.82) is 0 Å². The first-order valence-corrected chi connectivity index (χ1v) is 9.14. The van der Waals surface area contributed by atoms with Crippen molar-refractivity contribution in [2.24, 2.45) is 0 Å². The number of thioether (sulfide) groups is 1. The number of nitrogen functional groups attached to an aromatic ring is 1. The zero-order valence-corrected chi connectivity index (χ0v) is 12.3. The standard InChI is InChI=1S/C10H18N2O2S3/c1-15-6-4-2-3-5-12-17(13,14)10-7-9(11)8-16-10/h7-8,12H,2-6,11H2,1H3. The lowest BCUT2D eigenvalue weighted by atomic mass is 10.2. The van der Waals surface area contributed by atoms with Gasteiger partial charge >= 0.3 is 0 Å². The van der Waals surface area contributed by atoms with Gasteiger partial charge in [-0.25, -0.2) is 13.1 Å². The first-order chi connectivity index (χ1) is 8.06. The van der Waals surface area contributed by atoms with Crippen LogP contribution in [0.3, 0.4) is 0 Å². The van der Waals surface area contributed by atoms with Gasteiger partial charge in [0, 0.05) is 17.6 Å². The van der Waals surface area contributed by atoms with Crippen LogP contribution in [0.25, 0.3) is 0 Å². The molecule has 0 amide bonds. The summed E-state index contributed by atoms with van der Waals surface area (Å²) in [5.74, 6) is 1.13. The van der Waals surface area contributed by atoms with Crippen LogP contribution >= 0.6 is 23.1 Å². The molecule has 0 bridgehead atoms. The third-order valence-corrected chi connectivity index (χ3v) is 5.79. The van der Waals surface area contributed by atoms with Crippen LogP contribution < -0.4 is 10.5 Å². The Morgan fingerprint density at radius 1 is 1.41 bits per heavy atom. The minimum absolute atomic E-state index is 0.291. The summed E-state index contributed by atoms with van der Waals surface area (Å²) in [5, 5.41) is 1.63. The maximum atomic E-state index is 11.8. The summed E-state index contributed by atoms with van der Waals surface area (Å²) in [6.45, 7) is 0.495. The van der Waals surface area contributed by atoms with Gasteiger partial charge in [0.15, 0.2) is 0 Å². The van der Waals surface area contributed by atoms with Crippen molar-refractivity contribution in [2.75, 3.05) is 24.3 Å². The van der Waals surface area contributed by atoms with Crippen LogP contribution in [0.5, 0.6) is 0 Å². The van der Waals surface area contributed by atoms with Gasteiger partial charge < -0.3 is 5.73 Å². The molecule has 1 aromatic heterocycles. The summed E-state index contributed by atoms with van der Waals surface area (Å²) in [5.41, 5.74) is 6.00. The molecule has 4 nitrogen and oxygen atoms in total. The summed E-state index contributed by atoms with van der Waals surface area (Å²) in [6.07, 6.45) is 5.13. The molecule has 0 aliphatic heterocycles. The zero-order valence-electron chi connectivity index (χ0n) is 9.81. The Morgan fingerprint density at radius 3 is 2.76 bits per heavy atom. The van der Waals surface area contributed by atoms with E-state index in [9.17, 15) is 8.42 Å². The molecule has 0 aliphatic carbocycles. The molecule has 98 valence electrons. The van der Waals surface area contributed by atoms with Crippen LogP contribution in [-0.2, 0) is 10.0 Å². The Balaban J connectivity index is 2.31. The Labute approximate surface area is 111 Å². The van der Waals surface area contributed by atoms with Crippen LogP contribution in [0, 0.1) is 0 Å². The van der Waals surface area contributed by atoms with Crippen LogP contribution in [0.15, 0.2) is 15.7 Å². The normalized spacial score (nSPS) is 11.8. The fraction of sp³-hybridized carbons (Fsp3) is 0.600. The first-order valence-electron chi connectivity index (χ1n) is 5.39. The predicted molar refractivity (Wildman–Crippen MR) is 76.2 cm³/mol. The number of rotatable bonds is 8. The number of hydrogen-bond donors (Lipinski definition) is 2. The van der Waals surface area contributed by atoms with Gasteiger partial charge in [-0.2, -0.15) is 11.8 Å².